The van der Waals surface area contributed by atoms with Gasteiger partial charge in [-0.1, -0.05) is 17.7 Å². The van der Waals surface area contributed by atoms with Crippen LogP contribution in [0.3, 0.4) is 0 Å². The molecule has 3 aromatic rings. The predicted octanol–water partition coefficient (Wildman–Crippen LogP) is 4.98. The van der Waals surface area contributed by atoms with Crippen LogP contribution in [0, 0.1) is 0 Å². The summed E-state index contributed by atoms with van der Waals surface area (Å²) in [6.07, 6.45) is 1.76. The van der Waals surface area contributed by atoms with Crippen LogP contribution in [0.25, 0.3) is 10.9 Å². The number of fused-ring (bicyclic) bond motifs is 1. The minimum Gasteiger partial charge on any atom is -0.399 e. The van der Waals surface area contributed by atoms with Gasteiger partial charge in [-0.15, -0.1) is 0 Å². The number of pyridine rings is 1. The monoisotopic (exact) mass is 347 g/mol. The van der Waals surface area contributed by atoms with Crippen molar-refractivity contribution in [2.75, 3.05) is 11.1 Å². The summed E-state index contributed by atoms with van der Waals surface area (Å²) in [6, 6.07) is 13.2. The Balaban J connectivity index is 2.12. The first-order chi connectivity index (χ1) is 9.63. The first-order valence-electron chi connectivity index (χ1n) is 6.00. The first kappa shape index (κ1) is 13.2. The largest absolute Gasteiger partial charge is 0.399 e. The molecule has 0 aliphatic carbocycles. The molecule has 0 fully saturated rings. The molecule has 5 heteroatoms. The molecule has 20 heavy (non-hydrogen) atoms. The van der Waals surface area contributed by atoms with Crippen molar-refractivity contribution in [3.05, 3.63) is 58.2 Å². The van der Waals surface area contributed by atoms with Crippen LogP contribution in [0.15, 0.2) is 53.1 Å². The number of aromatic nitrogens is 1. The van der Waals surface area contributed by atoms with E-state index in [4.69, 9.17) is 17.3 Å². The van der Waals surface area contributed by atoms with Crippen molar-refractivity contribution in [2.24, 2.45) is 0 Å². The van der Waals surface area contributed by atoms with Crippen LogP contribution < -0.4 is 11.1 Å². The number of anilines is 3. The van der Waals surface area contributed by atoms with Crippen LogP contribution >= 0.6 is 27.5 Å². The maximum absolute atomic E-state index is 6.00. The van der Waals surface area contributed by atoms with Crippen LogP contribution in [-0.2, 0) is 0 Å². The minimum absolute atomic E-state index is 0.687. The Morgan fingerprint density at radius 3 is 2.80 bits per heavy atom. The minimum atomic E-state index is 0.687. The molecule has 0 amide bonds. The third-order valence-corrected chi connectivity index (χ3v) is 3.76. The van der Waals surface area contributed by atoms with Gasteiger partial charge in [0.25, 0.3) is 0 Å². The molecule has 0 aliphatic heterocycles. The summed E-state index contributed by atoms with van der Waals surface area (Å²) < 4.78 is 0.877. The molecule has 0 saturated heterocycles. The average Bonchev–Trinajstić information content (AvgIpc) is 2.40. The Morgan fingerprint density at radius 1 is 1.15 bits per heavy atom. The van der Waals surface area contributed by atoms with E-state index in [1.165, 1.54) is 0 Å². The molecular formula is C15H11BrClN3. The second kappa shape index (κ2) is 5.31. The number of nitrogens with zero attached hydrogens (tertiary/aromatic N) is 1. The predicted molar refractivity (Wildman–Crippen MR) is 88.6 cm³/mol. The van der Waals surface area contributed by atoms with Gasteiger partial charge in [0, 0.05) is 38.1 Å². The molecule has 0 spiro atoms. The fraction of sp³-hybridized carbons (Fsp3) is 0. The molecule has 0 aliphatic rings. The summed E-state index contributed by atoms with van der Waals surface area (Å²) in [5, 5.41) is 4.99. The Morgan fingerprint density at radius 2 is 2.00 bits per heavy atom. The summed E-state index contributed by atoms with van der Waals surface area (Å²) in [7, 11) is 0. The fourth-order valence-electron chi connectivity index (χ4n) is 2.06. The van der Waals surface area contributed by atoms with E-state index in [0.717, 1.165) is 26.8 Å². The summed E-state index contributed by atoms with van der Waals surface area (Å²) in [4.78, 5) is 4.37. The highest BCUT2D eigenvalue weighted by atomic mass is 79.9. The lowest BCUT2D eigenvalue weighted by Gasteiger charge is -2.11. The molecule has 1 heterocycles. The lowest BCUT2D eigenvalue weighted by molar-refractivity contribution is 1.39. The second-order valence-electron chi connectivity index (χ2n) is 4.39. The van der Waals surface area contributed by atoms with Gasteiger partial charge < -0.3 is 11.1 Å². The van der Waals surface area contributed by atoms with Gasteiger partial charge in [0.1, 0.15) is 0 Å². The van der Waals surface area contributed by atoms with Crippen molar-refractivity contribution in [3.8, 4) is 0 Å². The number of nitrogen functional groups attached to an aromatic ring is 1. The number of hydrogen-bond donors (Lipinski definition) is 2. The van der Waals surface area contributed by atoms with Gasteiger partial charge in [0.05, 0.1) is 5.52 Å². The fourth-order valence-corrected chi connectivity index (χ4v) is 2.83. The van der Waals surface area contributed by atoms with Crippen LogP contribution in [0.4, 0.5) is 17.1 Å². The molecule has 0 unspecified atom stereocenters. The van der Waals surface area contributed by atoms with E-state index in [1.54, 1.807) is 6.20 Å². The van der Waals surface area contributed by atoms with Crippen molar-refractivity contribution in [1.29, 1.82) is 0 Å². The van der Waals surface area contributed by atoms with Crippen LogP contribution in [0.1, 0.15) is 0 Å². The highest BCUT2D eigenvalue weighted by Gasteiger charge is 2.07. The third-order valence-electron chi connectivity index (χ3n) is 2.92. The van der Waals surface area contributed by atoms with Crippen LogP contribution in [0.5, 0.6) is 0 Å². The lowest BCUT2D eigenvalue weighted by atomic mass is 10.1. The molecule has 3 nitrogen and oxygen atoms in total. The van der Waals surface area contributed by atoms with E-state index in [-0.39, 0.29) is 0 Å². The zero-order valence-corrected chi connectivity index (χ0v) is 12.7. The van der Waals surface area contributed by atoms with Crippen molar-refractivity contribution in [1.82, 2.24) is 4.98 Å². The van der Waals surface area contributed by atoms with Crippen LogP contribution in [-0.4, -0.2) is 4.98 Å². The summed E-state index contributed by atoms with van der Waals surface area (Å²) in [5.41, 5.74) is 9.31. The molecule has 3 rings (SSSR count). The van der Waals surface area contributed by atoms with Gasteiger partial charge in [-0.05, 0) is 52.3 Å². The second-order valence-corrected chi connectivity index (χ2v) is 5.68. The van der Waals surface area contributed by atoms with Crippen molar-refractivity contribution >= 4 is 55.5 Å². The van der Waals surface area contributed by atoms with Crippen molar-refractivity contribution < 1.29 is 0 Å². The van der Waals surface area contributed by atoms with E-state index in [1.807, 2.05) is 42.5 Å². The summed E-state index contributed by atoms with van der Waals surface area (Å²) >= 11 is 9.49. The van der Waals surface area contributed by atoms with Gasteiger partial charge >= 0.3 is 0 Å². The normalized spacial score (nSPS) is 10.7. The number of hydrogen-bond acceptors (Lipinski definition) is 3. The van der Waals surface area contributed by atoms with E-state index in [2.05, 4.69) is 26.2 Å². The molecule has 0 atom stereocenters. The Bertz CT molecular complexity index is 789. The molecule has 0 radical (unpaired) electrons. The maximum Gasteiger partial charge on any atom is 0.0866 e. The number of nitrogens with two attached hydrogens (primary N) is 1. The number of nitrogens with one attached hydrogen (secondary N) is 1. The molecule has 2 aromatic carbocycles. The zero-order chi connectivity index (χ0) is 14.1. The quantitative estimate of drug-likeness (QED) is 0.642. The SMILES string of the molecule is Nc1cc(Br)c2nccc(Nc3cccc(Cl)c3)c2c1. The molecule has 1 aromatic heterocycles. The number of benzene rings is 2. The lowest BCUT2D eigenvalue weighted by Crippen LogP contribution is -1.94. The van der Waals surface area contributed by atoms with Crippen molar-refractivity contribution in [3.63, 3.8) is 0 Å². The van der Waals surface area contributed by atoms with E-state index in [9.17, 15) is 0 Å². The van der Waals surface area contributed by atoms with E-state index < -0.39 is 0 Å². The first-order valence-corrected chi connectivity index (χ1v) is 7.17. The molecular weight excluding hydrogens is 338 g/mol. The van der Waals surface area contributed by atoms with Gasteiger partial charge in [0.2, 0.25) is 0 Å². The Labute approximate surface area is 129 Å². The Hall–Kier alpha value is -1.78. The average molecular weight is 349 g/mol. The van der Waals surface area contributed by atoms with E-state index >= 15 is 0 Å². The van der Waals surface area contributed by atoms with Gasteiger partial charge in [-0.25, -0.2) is 0 Å². The third kappa shape index (κ3) is 2.57. The summed E-state index contributed by atoms with van der Waals surface area (Å²) in [5.74, 6) is 0. The van der Waals surface area contributed by atoms with Crippen molar-refractivity contribution in [2.45, 2.75) is 0 Å². The van der Waals surface area contributed by atoms with Gasteiger partial charge in [-0.2, -0.15) is 0 Å². The Kier molecular flexibility index (Phi) is 3.51. The highest BCUT2D eigenvalue weighted by molar-refractivity contribution is 9.10. The van der Waals surface area contributed by atoms with Gasteiger partial charge in [-0.3, -0.25) is 4.98 Å². The number of halogens is 2. The van der Waals surface area contributed by atoms with Crippen LogP contribution in [0.2, 0.25) is 5.02 Å². The molecule has 3 N–H and O–H groups in total. The summed E-state index contributed by atoms with van der Waals surface area (Å²) in [6.45, 7) is 0. The molecule has 0 bridgehead atoms. The topological polar surface area (TPSA) is 50.9 Å². The van der Waals surface area contributed by atoms with E-state index in [0.29, 0.717) is 10.7 Å². The smallest absolute Gasteiger partial charge is 0.0866 e. The highest BCUT2D eigenvalue weighted by Crippen LogP contribution is 2.32. The zero-order valence-electron chi connectivity index (χ0n) is 10.4. The number of rotatable bonds is 2. The maximum atomic E-state index is 6.00. The standard InChI is InChI=1S/C15H11BrClN3/c16-13-8-10(18)7-12-14(4-5-19-15(12)13)20-11-3-1-2-9(17)6-11/h1-8H,18H2,(H,19,20). The molecule has 100 valence electrons. The molecule has 0 saturated carbocycles. The van der Waals surface area contributed by atoms with Gasteiger partial charge in [0.15, 0.2) is 0 Å².